The van der Waals surface area contributed by atoms with Crippen molar-refractivity contribution in [3.63, 3.8) is 0 Å². The van der Waals surface area contributed by atoms with E-state index in [9.17, 15) is 4.79 Å². The molecule has 2 aliphatic rings. The second-order valence-corrected chi connectivity index (χ2v) is 7.09. The molecule has 2 aromatic rings. The van der Waals surface area contributed by atoms with Gasteiger partial charge in [0.2, 0.25) is 5.91 Å². The van der Waals surface area contributed by atoms with E-state index >= 15 is 0 Å². The van der Waals surface area contributed by atoms with Crippen molar-refractivity contribution >= 4 is 22.6 Å². The maximum absolute atomic E-state index is 12.9. The Morgan fingerprint density at radius 1 is 1.20 bits per heavy atom. The molecule has 3 heterocycles. The maximum atomic E-state index is 12.9. The minimum Gasteiger partial charge on any atom is -0.378 e. The Morgan fingerprint density at radius 3 is 2.80 bits per heavy atom. The van der Waals surface area contributed by atoms with Crippen LogP contribution in [0, 0.1) is 18.8 Å². The van der Waals surface area contributed by atoms with Crippen molar-refractivity contribution in [3.8, 4) is 0 Å². The number of anilines is 1. The summed E-state index contributed by atoms with van der Waals surface area (Å²) in [6.07, 6.45) is 1.62. The normalized spacial score (nSPS) is 24.1. The van der Waals surface area contributed by atoms with E-state index in [1.54, 1.807) is 6.33 Å². The molecule has 0 bridgehead atoms. The number of carbonyl (C=O) groups is 1. The summed E-state index contributed by atoms with van der Waals surface area (Å²) < 4.78 is 5.37. The number of benzene rings is 1. The Bertz CT molecular complexity index is 783. The number of nitrogens with zero attached hydrogens (tertiary/aromatic N) is 4. The summed E-state index contributed by atoms with van der Waals surface area (Å²) in [5.74, 6) is 1.54. The van der Waals surface area contributed by atoms with Crippen LogP contribution in [0.4, 0.5) is 5.82 Å². The van der Waals surface area contributed by atoms with Crippen molar-refractivity contribution in [2.75, 3.05) is 44.3 Å². The first-order valence-electron chi connectivity index (χ1n) is 8.97. The molecule has 0 spiro atoms. The van der Waals surface area contributed by atoms with Crippen molar-refractivity contribution in [2.45, 2.75) is 13.8 Å². The van der Waals surface area contributed by atoms with E-state index in [0.717, 1.165) is 29.8 Å². The van der Waals surface area contributed by atoms with Crippen LogP contribution in [0.1, 0.15) is 12.5 Å². The summed E-state index contributed by atoms with van der Waals surface area (Å²) in [7, 11) is 0. The van der Waals surface area contributed by atoms with Crippen molar-refractivity contribution < 1.29 is 9.53 Å². The van der Waals surface area contributed by atoms with Crippen molar-refractivity contribution in [1.82, 2.24) is 14.9 Å². The van der Waals surface area contributed by atoms with Gasteiger partial charge >= 0.3 is 0 Å². The van der Waals surface area contributed by atoms with Crippen LogP contribution in [0.3, 0.4) is 0 Å². The quantitative estimate of drug-likeness (QED) is 0.835. The zero-order valence-electron chi connectivity index (χ0n) is 14.8. The molecule has 0 unspecified atom stereocenters. The van der Waals surface area contributed by atoms with Crippen LogP contribution in [0.5, 0.6) is 0 Å². The number of hydrogen-bond donors (Lipinski definition) is 0. The highest BCUT2D eigenvalue weighted by Crippen LogP contribution is 2.33. The Labute approximate surface area is 147 Å². The fourth-order valence-corrected chi connectivity index (χ4v) is 3.98. The van der Waals surface area contributed by atoms with Gasteiger partial charge in [-0.3, -0.25) is 4.79 Å². The molecule has 0 radical (unpaired) electrons. The van der Waals surface area contributed by atoms with Gasteiger partial charge in [0, 0.05) is 31.6 Å². The minimum atomic E-state index is 0.0205. The van der Waals surface area contributed by atoms with Crippen LogP contribution in [0.25, 0.3) is 10.9 Å². The fourth-order valence-electron chi connectivity index (χ4n) is 3.98. The number of carbonyl (C=O) groups excluding carboxylic acids is 1. The van der Waals surface area contributed by atoms with Gasteiger partial charge in [-0.15, -0.1) is 0 Å². The predicted molar refractivity (Wildman–Crippen MR) is 96.5 cm³/mol. The van der Waals surface area contributed by atoms with Gasteiger partial charge in [0.1, 0.15) is 12.1 Å². The lowest BCUT2D eigenvalue weighted by Crippen LogP contribution is -2.45. The average Bonchev–Trinajstić information content (AvgIpc) is 3.03. The summed E-state index contributed by atoms with van der Waals surface area (Å²) in [6.45, 7) is 8.52. The molecule has 2 aliphatic heterocycles. The predicted octanol–water partition coefficient (Wildman–Crippen LogP) is 1.87. The number of rotatable bonds is 2. The molecule has 0 saturated carbocycles. The molecule has 6 nitrogen and oxygen atoms in total. The van der Waals surface area contributed by atoms with Gasteiger partial charge in [0.05, 0.1) is 24.6 Å². The molecular formula is C19H24N4O2. The van der Waals surface area contributed by atoms with Crippen LogP contribution >= 0.6 is 0 Å². The lowest BCUT2D eigenvalue weighted by atomic mass is 9.96. The summed E-state index contributed by atoms with van der Waals surface area (Å²) in [5, 5.41) is 1.09. The molecule has 1 amide bonds. The van der Waals surface area contributed by atoms with E-state index in [1.807, 2.05) is 17.0 Å². The molecule has 2 saturated heterocycles. The summed E-state index contributed by atoms with van der Waals surface area (Å²) in [5.41, 5.74) is 2.13. The molecule has 0 N–H and O–H groups in total. The highest BCUT2D eigenvalue weighted by atomic mass is 16.5. The molecule has 1 aromatic heterocycles. The van der Waals surface area contributed by atoms with E-state index in [-0.39, 0.29) is 11.8 Å². The third kappa shape index (κ3) is 2.95. The Hall–Kier alpha value is -2.21. The van der Waals surface area contributed by atoms with Crippen LogP contribution in [0.2, 0.25) is 0 Å². The maximum Gasteiger partial charge on any atom is 0.227 e. The standard InChI is InChI=1S/C19H24N4O2/c1-13-4-3-5-16-17(13)18(21-12-20-16)23-10-14(2)15(11-23)19(24)22-6-8-25-9-7-22/h3-5,12,14-15H,6-11H2,1-2H3/t14-,15-/m1/s1. The zero-order chi connectivity index (χ0) is 17.4. The van der Waals surface area contributed by atoms with Gasteiger partial charge < -0.3 is 14.5 Å². The Morgan fingerprint density at radius 2 is 2.00 bits per heavy atom. The number of ether oxygens (including phenoxy) is 1. The molecular weight excluding hydrogens is 316 g/mol. The second kappa shape index (κ2) is 6.59. The van der Waals surface area contributed by atoms with Gasteiger partial charge in [0.15, 0.2) is 0 Å². The minimum absolute atomic E-state index is 0.0205. The van der Waals surface area contributed by atoms with Gasteiger partial charge in [-0.05, 0) is 24.5 Å². The van der Waals surface area contributed by atoms with Crippen molar-refractivity contribution in [3.05, 3.63) is 30.1 Å². The molecule has 4 rings (SSSR count). The van der Waals surface area contributed by atoms with Crippen molar-refractivity contribution in [2.24, 2.45) is 11.8 Å². The summed E-state index contributed by atoms with van der Waals surface area (Å²) in [4.78, 5) is 26.1. The van der Waals surface area contributed by atoms with E-state index in [1.165, 1.54) is 5.56 Å². The number of morpholine rings is 1. The third-order valence-corrected chi connectivity index (χ3v) is 5.40. The Kier molecular flexibility index (Phi) is 4.29. The largest absolute Gasteiger partial charge is 0.378 e. The monoisotopic (exact) mass is 340 g/mol. The highest BCUT2D eigenvalue weighted by molar-refractivity contribution is 5.92. The van der Waals surface area contributed by atoms with Gasteiger partial charge in [-0.1, -0.05) is 19.1 Å². The fraction of sp³-hybridized carbons (Fsp3) is 0.526. The van der Waals surface area contributed by atoms with Crippen LogP contribution in [-0.2, 0) is 9.53 Å². The zero-order valence-corrected chi connectivity index (χ0v) is 14.8. The second-order valence-electron chi connectivity index (χ2n) is 7.09. The molecule has 0 aliphatic carbocycles. The van der Waals surface area contributed by atoms with Crippen LogP contribution < -0.4 is 4.90 Å². The number of hydrogen-bond acceptors (Lipinski definition) is 5. The molecule has 2 fully saturated rings. The SMILES string of the molecule is Cc1cccc2ncnc(N3C[C@@H](C)[C@H](C(=O)N4CCOCC4)C3)c12. The lowest BCUT2D eigenvalue weighted by Gasteiger charge is -2.30. The van der Waals surface area contributed by atoms with E-state index in [2.05, 4.69) is 34.8 Å². The number of aryl methyl sites for hydroxylation is 1. The van der Waals surface area contributed by atoms with Crippen LogP contribution in [0.15, 0.2) is 24.5 Å². The van der Waals surface area contributed by atoms with Crippen LogP contribution in [-0.4, -0.2) is 60.2 Å². The van der Waals surface area contributed by atoms with Gasteiger partial charge in [-0.25, -0.2) is 9.97 Å². The Balaban J connectivity index is 1.60. The van der Waals surface area contributed by atoms with Crippen molar-refractivity contribution in [1.29, 1.82) is 0 Å². The van der Waals surface area contributed by atoms with E-state index in [4.69, 9.17) is 4.74 Å². The number of fused-ring (bicyclic) bond motifs is 1. The first-order chi connectivity index (χ1) is 12.1. The first kappa shape index (κ1) is 16.3. The number of aromatic nitrogens is 2. The topological polar surface area (TPSA) is 58.6 Å². The summed E-state index contributed by atoms with van der Waals surface area (Å²) >= 11 is 0. The highest BCUT2D eigenvalue weighted by Gasteiger charge is 2.38. The first-order valence-corrected chi connectivity index (χ1v) is 8.97. The lowest BCUT2D eigenvalue weighted by molar-refractivity contribution is -0.140. The molecule has 132 valence electrons. The number of amides is 1. The smallest absolute Gasteiger partial charge is 0.227 e. The van der Waals surface area contributed by atoms with E-state index < -0.39 is 0 Å². The van der Waals surface area contributed by atoms with Gasteiger partial charge in [-0.2, -0.15) is 0 Å². The van der Waals surface area contributed by atoms with Gasteiger partial charge in [0.25, 0.3) is 0 Å². The average molecular weight is 340 g/mol. The molecule has 6 heteroatoms. The third-order valence-electron chi connectivity index (χ3n) is 5.40. The molecule has 2 atom stereocenters. The molecule has 1 aromatic carbocycles. The summed E-state index contributed by atoms with van der Waals surface area (Å²) in [6, 6.07) is 6.13. The van der Waals surface area contributed by atoms with E-state index in [0.29, 0.717) is 32.2 Å². The molecule has 25 heavy (non-hydrogen) atoms.